The first-order valence-corrected chi connectivity index (χ1v) is 7.17. The number of carbonyl (C=O) groups excluding carboxylic acids is 1. The minimum atomic E-state index is -0.0257. The predicted octanol–water partition coefficient (Wildman–Crippen LogP) is 1.31. The van der Waals surface area contributed by atoms with Crippen LogP contribution in [0.3, 0.4) is 0 Å². The summed E-state index contributed by atoms with van der Waals surface area (Å²) in [6, 6.07) is 0.171. The molecule has 0 radical (unpaired) electrons. The Bertz CT molecular complexity index is 288. The number of amides is 1. The van der Waals surface area contributed by atoms with E-state index in [2.05, 4.69) is 17.6 Å². The number of ether oxygens (including phenoxy) is 1. The van der Waals surface area contributed by atoms with E-state index in [0.29, 0.717) is 18.6 Å². The summed E-state index contributed by atoms with van der Waals surface area (Å²) < 4.78 is 5.38. The quantitative estimate of drug-likeness (QED) is 0.795. The average molecular weight is 254 g/mol. The van der Waals surface area contributed by atoms with Gasteiger partial charge in [0.25, 0.3) is 0 Å². The lowest BCUT2D eigenvalue weighted by Gasteiger charge is -2.34. The van der Waals surface area contributed by atoms with E-state index in [1.165, 1.54) is 32.1 Å². The molecule has 0 aromatic carbocycles. The molecule has 0 bridgehead atoms. The Labute approximate surface area is 110 Å². The van der Waals surface area contributed by atoms with Crippen LogP contribution in [0.1, 0.15) is 39.0 Å². The van der Waals surface area contributed by atoms with Gasteiger partial charge in [-0.15, -0.1) is 0 Å². The number of nitrogens with one attached hydrogen (secondary N) is 2. The first kappa shape index (κ1) is 13.8. The number of rotatable bonds is 4. The van der Waals surface area contributed by atoms with Crippen LogP contribution in [0.25, 0.3) is 0 Å². The summed E-state index contributed by atoms with van der Waals surface area (Å²) in [7, 11) is 1.89. The van der Waals surface area contributed by atoms with E-state index in [1.54, 1.807) is 0 Å². The highest BCUT2D eigenvalue weighted by atomic mass is 16.5. The zero-order chi connectivity index (χ0) is 13.0. The van der Waals surface area contributed by atoms with Crippen molar-refractivity contribution in [3.05, 3.63) is 0 Å². The molecule has 4 nitrogen and oxygen atoms in total. The van der Waals surface area contributed by atoms with Gasteiger partial charge in [0.15, 0.2) is 0 Å². The van der Waals surface area contributed by atoms with Crippen molar-refractivity contribution in [3.8, 4) is 0 Å². The van der Waals surface area contributed by atoms with Crippen LogP contribution in [-0.2, 0) is 9.53 Å². The highest BCUT2D eigenvalue weighted by Crippen LogP contribution is 2.35. The lowest BCUT2D eigenvalue weighted by atomic mass is 9.75. The van der Waals surface area contributed by atoms with Gasteiger partial charge in [-0.25, -0.2) is 0 Å². The summed E-state index contributed by atoms with van der Waals surface area (Å²) in [6.45, 7) is 4.31. The second kappa shape index (κ2) is 6.02. The lowest BCUT2D eigenvalue weighted by Crippen LogP contribution is -2.45. The van der Waals surface area contributed by atoms with Crippen LogP contribution in [0.2, 0.25) is 0 Å². The van der Waals surface area contributed by atoms with Gasteiger partial charge in [0.2, 0.25) is 5.91 Å². The standard InChI is InChI=1S/C14H26N2O2/c1-14(6-4-3-5-7-14)10-16-13(17)11-8-18-9-12(11)15-2/h11-12,15H,3-10H2,1-2H3,(H,16,17). The van der Waals surface area contributed by atoms with Crippen LogP contribution in [0.15, 0.2) is 0 Å². The van der Waals surface area contributed by atoms with E-state index < -0.39 is 0 Å². The lowest BCUT2D eigenvalue weighted by molar-refractivity contribution is -0.126. The van der Waals surface area contributed by atoms with Crippen molar-refractivity contribution in [3.63, 3.8) is 0 Å². The molecule has 1 aliphatic carbocycles. The van der Waals surface area contributed by atoms with E-state index in [1.807, 2.05) is 7.05 Å². The number of hydrogen-bond acceptors (Lipinski definition) is 3. The molecule has 2 unspecified atom stereocenters. The molecule has 4 heteroatoms. The third-order valence-electron chi connectivity index (χ3n) is 4.54. The molecule has 1 saturated heterocycles. The molecule has 0 spiro atoms. The van der Waals surface area contributed by atoms with E-state index >= 15 is 0 Å². The Kier molecular flexibility index (Phi) is 4.62. The Balaban J connectivity index is 1.80. The van der Waals surface area contributed by atoms with Crippen molar-refractivity contribution in [2.24, 2.45) is 11.3 Å². The van der Waals surface area contributed by atoms with E-state index in [0.717, 1.165) is 6.54 Å². The van der Waals surface area contributed by atoms with Crippen molar-refractivity contribution in [2.45, 2.75) is 45.1 Å². The molecule has 2 rings (SSSR count). The fourth-order valence-corrected chi connectivity index (χ4v) is 3.11. The first-order chi connectivity index (χ1) is 8.64. The molecular formula is C14H26N2O2. The van der Waals surface area contributed by atoms with Crippen LogP contribution in [0.4, 0.5) is 0 Å². The van der Waals surface area contributed by atoms with Crippen LogP contribution in [0.5, 0.6) is 0 Å². The predicted molar refractivity (Wildman–Crippen MR) is 71.4 cm³/mol. The molecule has 2 aliphatic rings. The normalized spacial score (nSPS) is 31.2. The maximum Gasteiger partial charge on any atom is 0.227 e. The van der Waals surface area contributed by atoms with Gasteiger partial charge in [0.1, 0.15) is 0 Å². The van der Waals surface area contributed by atoms with Crippen LogP contribution in [-0.4, -0.2) is 38.8 Å². The van der Waals surface area contributed by atoms with Gasteiger partial charge >= 0.3 is 0 Å². The molecule has 2 atom stereocenters. The third-order valence-corrected chi connectivity index (χ3v) is 4.54. The number of likely N-dealkylation sites (N-methyl/N-ethyl adjacent to an activating group) is 1. The molecule has 0 aromatic rings. The van der Waals surface area contributed by atoms with Crippen LogP contribution >= 0.6 is 0 Å². The Morgan fingerprint density at radius 1 is 1.28 bits per heavy atom. The highest BCUT2D eigenvalue weighted by Gasteiger charge is 2.34. The molecule has 104 valence electrons. The monoisotopic (exact) mass is 254 g/mol. The van der Waals surface area contributed by atoms with Gasteiger partial charge in [0.05, 0.1) is 19.1 Å². The zero-order valence-electron chi connectivity index (χ0n) is 11.6. The molecule has 2 N–H and O–H groups in total. The SMILES string of the molecule is CNC1COCC1C(=O)NCC1(C)CCCCC1. The third kappa shape index (κ3) is 3.23. The van der Waals surface area contributed by atoms with Gasteiger partial charge in [-0.1, -0.05) is 26.2 Å². The van der Waals surface area contributed by atoms with E-state index in [9.17, 15) is 4.79 Å². The zero-order valence-corrected chi connectivity index (χ0v) is 11.6. The molecular weight excluding hydrogens is 228 g/mol. The topological polar surface area (TPSA) is 50.4 Å². The fraction of sp³-hybridized carbons (Fsp3) is 0.929. The van der Waals surface area contributed by atoms with Gasteiger partial charge in [-0.3, -0.25) is 4.79 Å². The van der Waals surface area contributed by atoms with Crippen molar-refractivity contribution in [1.29, 1.82) is 0 Å². The Morgan fingerprint density at radius 3 is 2.67 bits per heavy atom. The molecule has 0 aromatic heterocycles. The van der Waals surface area contributed by atoms with Crippen LogP contribution in [0, 0.1) is 11.3 Å². The molecule has 18 heavy (non-hydrogen) atoms. The minimum Gasteiger partial charge on any atom is -0.379 e. The van der Waals surface area contributed by atoms with Gasteiger partial charge in [-0.05, 0) is 25.3 Å². The summed E-state index contributed by atoms with van der Waals surface area (Å²) in [6.07, 6.45) is 6.44. The van der Waals surface area contributed by atoms with Crippen LogP contribution < -0.4 is 10.6 Å². The van der Waals surface area contributed by atoms with Gasteiger partial charge in [-0.2, -0.15) is 0 Å². The summed E-state index contributed by atoms with van der Waals surface area (Å²) in [5.74, 6) is 0.126. The maximum atomic E-state index is 12.2. The number of carbonyl (C=O) groups is 1. The molecule has 1 heterocycles. The molecule has 1 saturated carbocycles. The summed E-state index contributed by atoms with van der Waals surface area (Å²) in [5.41, 5.74) is 0.308. The minimum absolute atomic E-state index is 0.0257. The van der Waals surface area contributed by atoms with Crippen molar-refractivity contribution in [1.82, 2.24) is 10.6 Å². The first-order valence-electron chi connectivity index (χ1n) is 7.17. The van der Waals surface area contributed by atoms with Gasteiger partial charge < -0.3 is 15.4 Å². The Hall–Kier alpha value is -0.610. The maximum absolute atomic E-state index is 12.2. The smallest absolute Gasteiger partial charge is 0.227 e. The summed E-state index contributed by atoms with van der Waals surface area (Å²) in [4.78, 5) is 12.2. The highest BCUT2D eigenvalue weighted by molar-refractivity contribution is 5.79. The second-order valence-electron chi connectivity index (χ2n) is 6.13. The molecule has 1 aliphatic heterocycles. The second-order valence-corrected chi connectivity index (χ2v) is 6.13. The average Bonchev–Trinajstić information content (AvgIpc) is 2.85. The van der Waals surface area contributed by atoms with Gasteiger partial charge in [0, 0.05) is 12.6 Å². The molecule has 2 fully saturated rings. The molecule has 1 amide bonds. The van der Waals surface area contributed by atoms with E-state index in [4.69, 9.17) is 4.74 Å². The Morgan fingerprint density at radius 2 is 2.00 bits per heavy atom. The van der Waals surface area contributed by atoms with Crippen molar-refractivity contribution < 1.29 is 9.53 Å². The number of hydrogen-bond donors (Lipinski definition) is 2. The summed E-state index contributed by atoms with van der Waals surface area (Å²) >= 11 is 0. The van der Waals surface area contributed by atoms with E-state index in [-0.39, 0.29) is 17.9 Å². The van der Waals surface area contributed by atoms with Crippen molar-refractivity contribution in [2.75, 3.05) is 26.8 Å². The fourth-order valence-electron chi connectivity index (χ4n) is 3.11. The van der Waals surface area contributed by atoms with Crippen molar-refractivity contribution >= 4 is 5.91 Å². The largest absolute Gasteiger partial charge is 0.379 e. The summed E-state index contributed by atoms with van der Waals surface area (Å²) in [5, 5.41) is 6.30.